The average Bonchev–Trinajstić information content (AvgIpc) is 3.53. The van der Waals surface area contributed by atoms with E-state index in [-0.39, 0.29) is 0 Å². The highest BCUT2D eigenvalue weighted by molar-refractivity contribution is 6.06. The standard InChI is InChI=1S/C43H27N3O/c1-3-11-29(12-4-1)33-16-9-18-35-34(33)17-10-19-38(35)43-45-41(30-13-5-2-6-14-30)44-42(46-43)31-23-21-28(22-24-31)32-25-26-37-36-15-7-8-20-39(36)47-40(37)27-32/h1-27H. The van der Waals surface area contributed by atoms with E-state index in [1.807, 2.05) is 54.6 Å². The third-order valence-electron chi connectivity index (χ3n) is 8.77. The van der Waals surface area contributed by atoms with Crippen molar-refractivity contribution in [2.75, 3.05) is 0 Å². The molecule has 4 nitrogen and oxygen atoms in total. The Hall–Kier alpha value is -6.39. The molecule has 0 N–H and O–H groups in total. The molecule has 0 aliphatic heterocycles. The fourth-order valence-electron chi connectivity index (χ4n) is 6.43. The van der Waals surface area contributed by atoms with E-state index < -0.39 is 0 Å². The zero-order valence-corrected chi connectivity index (χ0v) is 25.3. The van der Waals surface area contributed by atoms with Crippen LogP contribution in [0, 0.1) is 0 Å². The van der Waals surface area contributed by atoms with Crippen LogP contribution in [-0.2, 0) is 0 Å². The topological polar surface area (TPSA) is 51.8 Å². The van der Waals surface area contributed by atoms with Gasteiger partial charge in [-0.15, -0.1) is 0 Å². The van der Waals surface area contributed by atoms with Gasteiger partial charge in [0.2, 0.25) is 0 Å². The van der Waals surface area contributed by atoms with Crippen LogP contribution in [0.4, 0.5) is 0 Å². The molecular weight excluding hydrogens is 574 g/mol. The van der Waals surface area contributed by atoms with Gasteiger partial charge in [0.1, 0.15) is 11.2 Å². The first-order chi connectivity index (χ1) is 23.3. The fourth-order valence-corrected chi connectivity index (χ4v) is 6.43. The molecule has 0 amide bonds. The summed E-state index contributed by atoms with van der Waals surface area (Å²) in [6.45, 7) is 0. The average molecular weight is 602 g/mol. The molecule has 0 atom stereocenters. The van der Waals surface area contributed by atoms with Gasteiger partial charge in [-0.25, -0.2) is 15.0 Å². The van der Waals surface area contributed by atoms with Crippen molar-refractivity contribution in [3.63, 3.8) is 0 Å². The Morgan fingerprint density at radius 3 is 1.55 bits per heavy atom. The molecule has 0 radical (unpaired) electrons. The first-order valence-electron chi connectivity index (χ1n) is 15.7. The summed E-state index contributed by atoms with van der Waals surface area (Å²) < 4.78 is 6.15. The van der Waals surface area contributed by atoms with Crippen LogP contribution in [0.5, 0.6) is 0 Å². The third-order valence-corrected chi connectivity index (χ3v) is 8.77. The van der Waals surface area contributed by atoms with Crippen LogP contribution >= 0.6 is 0 Å². The van der Waals surface area contributed by atoms with Gasteiger partial charge >= 0.3 is 0 Å². The minimum Gasteiger partial charge on any atom is -0.456 e. The zero-order chi connectivity index (χ0) is 31.2. The van der Waals surface area contributed by atoms with Gasteiger partial charge in [-0.1, -0.05) is 146 Å². The highest BCUT2D eigenvalue weighted by atomic mass is 16.3. The molecule has 0 bridgehead atoms. The lowest BCUT2D eigenvalue weighted by Gasteiger charge is -2.12. The molecule has 7 aromatic carbocycles. The minimum absolute atomic E-state index is 0.629. The van der Waals surface area contributed by atoms with Crippen molar-refractivity contribution in [1.82, 2.24) is 15.0 Å². The molecule has 9 rings (SSSR count). The van der Waals surface area contributed by atoms with E-state index in [0.717, 1.165) is 60.5 Å². The van der Waals surface area contributed by atoms with Gasteiger partial charge in [0.15, 0.2) is 17.5 Å². The molecule has 0 aliphatic rings. The van der Waals surface area contributed by atoms with Gasteiger partial charge in [0.25, 0.3) is 0 Å². The normalized spacial score (nSPS) is 11.4. The fraction of sp³-hybridized carbons (Fsp3) is 0. The maximum absolute atomic E-state index is 6.15. The Balaban J connectivity index is 1.15. The van der Waals surface area contributed by atoms with E-state index in [0.29, 0.717) is 17.5 Å². The highest BCUT2D eigenvalue weighted by Crippen LogP contribution is 2.36. The lowest BCUT2D eigenvalue weighted by Crippen LogP contribution is -2.00. The molecule has 9 aromatic rings. The van der Waals surface area contributed by atoms with Gasteiger partial charge in [0.05, 0.1) is 0 Å². The van der Waals surface area contributed by atoms with Crippen molar-refractivity contribution in [3.8, 4) is 56.4 Å². The molecule has 0 fully saturated rings. The molecule has 0 spiro atoms. The number of furan rings is 1. The lowest BCUT2D eigenvalue weighted by atomic mass is 9.95. The van der Waals surface area contributed by atoms with Crippen LogP contribution < -0.4 is 0 Å². The van der Waals surface area contributed by atoms with E-state index in [4.69, 9.17) is 19.4 Å². The number of rotatable bonds is 5. The third kappa shape index (κ3) is 4.84. The van der Waals surface area contributed by atoms with Crippen LogP contribution in [0.25, 0.3) is 89.1 Å². The maximum atomic E-state index is 6.15. The Kier molecular flexibility index (Phi) is 6.43. The summed E-state index contributed by atoms with van der Waals surface area (Å²) in [5, 5.41) is 4.51. The van der Waals surface area contributed by atoms with Crippen molar-refractivity contribution < 1.29 is 4.42 Å². The van der Waals surface area contributed by atoms with Crippen LogP contribution in [0.1, 0.15) is 0 Å². The maximum Gasteiger partial charge on any atom is 0.164 e. The van der Waals surface area contributed by atoms with Crippen molar-refractivity contribution >= 4 is 32.7 Å². The van der Waals surface area contributed by atoms with Crippen molar-refractivity contribution in [3.05, 3.63) is 164 Å². The largest absolute Gasteiger partial charge is 0.456 e. The highest BCUT2D eigenvalue weighted by Gasteiger charge is 2.16. The molecule has 2 heterocycles. The van der Waals surface area contributed by atoms with Gasteiger partial charge in [-0.3, -0.25) is 0 Å². The molecule has 47 heavy (non-hydrogen) atoms. The van der Waals surface area contributed by atoms with Gasteiger partial charge < -0.3 is 4.42 Å². The molecule has 2 aromatic heterocycles. The molecule has 0 aliphatic carbocycles. The molecule has 0 saturated heterocycles. The smallest absolute Gasteiger partial charge is 0.164 e. The summed E-state index contributed by atoms with van der Waals surface area (Å²) >= 11 is 0. The summed E-state index contributed by atoms with van der Waals surface area (Å²) in [7, 11) is 0. The number of aromatic nitrogens is 3. The molecule has 220 valence electrons. The molecule has 0 unspecified atom stereocenters. The van der Waals surface area contributed by atoms with Gasteiger partial charge in [0, 0.05) is 27.5 Å². The minimum atomic E-state index is 0.629. The van der Waals surface area contributed by atoms with Crippen molar-refractivity contribution in [2.24, 2.45) is 0 Å². The quantitative estimate of drug-likeness (QED) is 0.197. The molecular formula is C43H27N3O. The SMILES string of the molecule is c1ccc(-c2nc(-c3ccc(-c4ccc5c(c4)oc4ccccc45)cc3)nc(-c3cccc4c(-c5ccccc5)cccc34)n2)cc1. The molecule has 0 saturated carbocycles. The summed E-state index contributed by atoms with van der Waals surface area (Å²) in [5.41, 5.74) is 9.16. The van der Waals surface area contributed by atoms with Gasteiger partial charge in [-0.2, -0.15) is 0 Å². The second-order valence-corrected chi connectivity index (χ2v) is 11.6. The summed E-state index contributed by atoms with van der Waals surface area (Å²) in [4.78, 5) is 15.1. The Labute approximate surface area is 271 Å². The van der Waals surface area contributed by atoms with E-state index in [2.05, 4.69) is 109 Å². The van der Waals surface area contributed by atoms with Crippen LogP contribution in [0.2, 0.25) is 0 Å². The predicted molar refractivity (Wildman–Crippen MR) is 192 cm³/mol. The summed E-state index contributed by atoms with van der Waals surface area (Å²) in [5.74, 6) is 1.91. The summed E-state index contributed by atoms with van der Waals surface area (Å²) in [6.07, 6.45) is 0. The Morgan fingerprint density at radius 1 is 0.298 bits per heavy atom. The Morgan fingerprint density at radius 2 is 0.809 bits per heavy atom. The van der Waals surface area contributed by atoms with Gasteiger partial charge in [-0.05, 0) is 51.2 Å². The number of nitrogens with zero attached hydrogens (tertiary/aromatic N) is 3. The van der Waals surface area contributed by atoms with Crippen LogP contribution in [-0.4, -0.2) is 15.0 Å². The lowest BCUT2D eigenvalue weighted by molar-refractivity contribution is 0.669. The van der Waals surface area contributed by atoms with E-state index >= 15 is 0 Å². The predicted octanol–water partition coefficient (Wildman–Crippen LogP) is 11.3. The van der Waals surface area contributed by atoms with Crippen LogP contribution in [0.3, 0.4) is 0 Å². The van der Waals surface area contributed by atoms with E-state index in [1.165, 1.54) is 11.1 Å². The first-order valence-corrected chi connectivity index (χ1v) is 15.7. The number of para-hydroxylation sites is 1. The monoisotopic (exact) mass is 601 g/mol. The van der Waals surface area contributed by atoms with Crippen molar-refractivity contribution in [1.29, 1.82) is 0 Å². The van der Waals surface area contributed by atoms with E-state index in [1.54, 1.807) is 0 Å². The second-order valence-electron chi connectivity index (χ2n) is 11.6. The number of benzene rings is 7. The second kappa shape index (κ2) is 11.2. The summed E-state index contributed by atoms with van der Waals surface area (Å²) in [6, 6.07) is 56.3. The zero-order valence-electron chi connectivity index (χ0n) is 25.3. The van der Waals surface area contributed by atoms with Crippen molar-refractivity contribution in [2.45, 2.75) is 0 Å². The number of fused-ring (bicyclic) bond motifs is 4. The molecule has 4 heteroatoms. The first kappa shape index (κ1) is 27.0. The number of hydrogen-bond donors (Lipinski definition) is 0. The Bertz CT molecular complexity index is 2550. The number of hydrogen-bond acceptors (Lipinski definition) is 4. The van der Waals surface area contributed by atoms with E-state index in [9.17, 15) is 0 Å². The van der Waals surface area contributed by atoms with Crippen LogP contribution in [0.15, 0.2) is 168 Å².